The topological polar surface area (TPSA) is 28.5 Å². The van der Waals surface area contributed by atoms with Gasteiger partial charge in [-0.3, -0.25) is 4.99 Å². The Hall–Kier alpha value is -1.15. The lowest BCUT2D eigenvalue weighted by molar-refractivity contribution is -0.137. The molecule has 1 fully saturated rings. The van der Waals surface area contributed by atoms with Crippen LogP contribution in [-0.4, -0.2) is 33.4 Å². The fourth-order valence-corrected chi connectivity index (χ4v) is 4.02. The number of aromatic nitrogens is 1. The zero-order valence-electron chi connectivity index (χ0n) is 11.9. The summed E-state index contributed by atoms with van der Waals surface area (Å²) in [5.74, 6) is 1.19. The molecule has 1 aromatic heterocycles. The van der Waals surface area contributed by atoms with Crippen LogP contribution in [0.3, 0.4) is 0 Å². The summed E-state index contributed by atoms with van der Waals surface area (Å²) >= 11 is 7.01. The Bertz CT molecular complexity index is 643. The smallest absolute Gasteiger partial charge is 0.311 e. The highest BCUT2D eigenvalue weighted by Gasteiger charge is 2.37. The van der Waals surface area contributed by atoms with Crippen molar-refractivity contribution in [2.24, 2.45) is 4.99 Å². The number of rotatable bonds is 2. The van der Waals surface area contributed by atoms with Gasteiger partial charge < -0.3 is 4.90 Å². The number of halogens is 3. The molecular formula is C14H14F3N3S2. The second-order valence-corrected chi connectivity index (χ2v) is 6.83. The molecule has 0 bridgehead atoms. The van der Waals surface area contributed by atoms with Gasteiger partial charge in [-0.1, -0.05) is 12.2 Å². The maximum Gasteiger partial charge on any atom is 0.416 e. The van der Waals surface area contributed by atoms with Crippen molar-refractivity contribution in [3.63, 3.8) is 0 Å². The molecule has 0 aliphatic carbocycles. The van der Waals surface area contributed by atoms with Crippen molar-refractivity contribution < 1.29 is 13.2 Å². The summed E-state index contributed by atoms with van der Waals surface area (Å²) in [7, 11) is 0. The van der Waals surface area contributed by atoms with E-state index in [4.69, 9.17) is 12.2 Å². The molecule has 1 atom stereocenters. The lowest BCUT2D eigenvalue weighted by Crippen LogP contribution is -2.37. The van der Waals surface area contributed by atoms with E-state index in [1.54, 1.807) is 23.6 Å². The molecule has 1 aromatic rings. The average Bonchev–Trinajstić information content (AvgIpc) is 3.05. The first-order valence-corrected chi connectivity index (χ1v) is 8.31. The first kappa shape index (κ1) is 15.7. The maximum atomic E-state index is 13.0. The first-order chi connectivity index (χ1) is 10.4. The van der Waals surface area contributed by atoms with Gasteiger partial charge in [-0.2, -0.15) is 13.2 Å². The van der Waals surface area contributed by atoms with Gasteiger partial charge >= 0.3 is 6.18 Å². The molecule has 3 heterocycles. The molecule has 0 aromatic carbocycles. The highest BCUT2D eigenvalue weighted by molar-refractivity contribution is 8.14. The van der Waals surface area contributed by atoms with Crippen molar-refractivity contribution in [2.45, 2.75) is 32.0 Å². The molecule has 0 spiro atoms. The molecule has 2 aliphatic heterocycles. The Morgan fingerprint density at radius 2 is 2.14 bits per heavy atom. The molecule has 1 saturated heterocycles. The third-order valence-corrected chi connectivity index (χ3v) is 5.10. The number of pyridine rings is 1. The number of hydrogen-bond acceptors (Lipinski definition) is 4. The van der Waals surface area contributed by atoms with E-state index < -0.39 is 11.7 Å². The molecule has 0 radical (unpaired) electrons. The zero-order valence-corrected chi connectivity index (χ0v) is 13.5. The van der Waals surface area contributed by atoms with Gasteiger partial charge in [-0.25, -0.2) is 4.98 Å². The number of thioether (sulfide) groups is 1. The minimum absolute atomic E-state index is 0.0737. The second-order valence-electron chi connectivity index (χ2n) is 5.24. The highest BCUT2D eigenvalue weighted by atomic mass is 32.2. The van der Waals surface area contributed by atoms with E-state index in [2.05, 4.69) is 9.98 Å². The predicted octanol–water partition coefficient (Wildman–Crippen LogP) is 3.85. The van der Waals surface area contributed by atoms with E-state index in [-0.39, 0.29) is 11.9 Å². The van der Waals surface area contributed by atoms with Gasteiger partial charge in [0.25, 0.3) is 0 Å². The SMILES string of the molecule is Cc1cc(C(F)(F)F)cc(N2C(=S)CCC2C2=NCCS2)n1. The van der Waals surface area contributed by atoms with Gasteiger partial charge in [0.1, 0.15) is 5.82 Å². The van der Waals surface area contributed by atoms with Crippen LogP contribution in [0.1, 0.15) is 24.1 Å². The number of alkyl halides is 3. The molecule has 8 heteroatoms. The summed E-state index contributed by atoms with van der Waals surface area (Å²) in [6, 6.07) is 2.06. The van der Waals surface area contributed by atoms with Crippen molar-refractivity contribution in [1.29, 1.82) is 0 Å². The van der Waals surface area contributed by atoms with E-state index in [0.717, 1.165) is 35.9 Å². The lowest BCUT2D eigenvalue weighted by atomic mass is 10.2. The van der Waals surface area contributed by atoms with Crippen LogP contribution in [0.4, 0.5) is 19.0 Å². The van der Waals surface area contributed by atoms with E-state index in [1.165, 1.54) is 0 Å². The number of thiocarbonyl (C=S) groups is 1. The van der Waals surface area contributed by atoms with Crippen LogP contribution in [0.5, 0.6) is 0 Å². The van der Waals surface area contributed by atoms with Crippen LogP contribution in [0.2, 0.25) is 0 Å². The summed E-state index contributed by atoms with van der Waals surface area (Å²) in [5.41, 5.74) is -0.358. The molecule has 2 aliphatic rings. The Balaban J connectivity index is 2.01. The summed E-state index contributed by atoms with van der Waals surface area (Å²) in [6.07, 6.45) is -2.93. The molecule has 0 saturated carbocycles. The van der Waals surface area contributed by atoms with E-state index in [1.807, 2.05) is 0 Å². The summed E-state index contributed by atoms with van der Waals surface area (Å²) in [5, 5.41) is 0.955. The monoisotopic (exact) mass is 345 g/mol. The summed E-state index contributed by atoms with van der Waals surface area (Å²) in [4.78, 5) is 11.1. The van der Waals surface area contributed by atoms with Gasteiger partial charge in [0, 0.05) is 24.4 Å². The number of anilines is 1. The Labute approximate surface area is 136 Å². The third kappa shape index (κ3) is 2.99. The second kappa shape index (κ2) is 5.81. The van der Waals surface area contributed by atoms with Crippen LogP contribution >= 0.6 is 24.0 Å². The number of aliphatic imine (C=N–C) groups is 1. The molecular weight excluding hydrogens is 331 g/mol. The van der Waals surface area contributed by atoms with Crippen LogP contribution in [0.15, 0.2) is 17.1 Å². The average molecular weight is 345 g/mol. The van der Waals surface area contributed by atoms with Gasteiger partial charge in [-0.05, 0) is 25.5 Å². The van der Waals surface area contributed by atoms with E-state index in [9.17, 15) is 13.2 Å². The van der Waals surface area contributed by atoms with E-state index >= 15 is 0 Å². The van der Waals surface area contributed by atoms with Crippen LogP contribution in [0.25, 0.3) is 0 Å². The van der Waals surface area contributed by atoms with E-state index in [0.29, 0.717) is 17.1 Å². The van der Waals surface area contributed by atoms with Crippen molar-refractivity contribution in [3.05, 3.63) is 23.4 Å². The molecule has 1 unspecified atom stereocenters. The fourth-order valence-electron chi connectivity index (χ4n) is 2.70. The van der Waals surface area contributed by atoms with Gasteiger partial charge in [-0.15, -0.1) is 11.8 Å². The molecule has 118 valence electrons. The molecule has 22 heavy (non-hydrogen) atoms. The van der Waals surface area contributed by atoms with Crippen molar-refractivity contribution in [3.8, 4) is 0 Å². The quantitative estimate of drug-likeness (QED) is 0.761. The summed E-state index contributed by atoms with van der Waals surface area (Å²) in [6.45, 7) is 2.32. The van der Waals surface area contributed by atoms with Crippen LogP contribution < -0.4 is 4.90 Å². The maximum absolute atomic E-state index is 13.0. The lowest BCUT2D eigenvalue weighted by Gasteiger charge is -2.26. The van der Waals surface area contributed by atoms with Gasteiger partial charge in [0.2, 0.25) is 0 Å². The summed E-state index contributed by atoms with van der Waals surface area (Å²) < 4.78 is 39.1. The normalized spacial score (nSPS) is 22.4. The Morgan fingerprint density at radius 3 is 2.77 bits per heavy atom. The van der Waals surface area contributed by atoms with Crippen LogP contribution in [0, 0.1) is 6.92 Å². The molecule has 3 rings (SSSR count). The van der Waals surface area contributed by atoms with Gasteiger partial charge in [0.05, 0.1) is 21.6 Å². The molecule has 0 amide bonds. The zero-order chi connectivity index (χ0) is 15.9. The minimum Gasteiger partial charge on any atom is -0.311 e. The number of hydrogen-bond donors (Lipinski definition) is 0. The minimum atomic E-state index is -4.39. The standard InChI is InChI=1S/C14H14F3N3S2/c1-8-6-9(14(15,16)17)7-11(19-8)20-10(2-3-12(20)21)13-18-4-5-22-13/h6-7,10H,2-5H2,1H3. The fraction of sp³-hybridized carbons (Fsp3) is 0.500. The van der Waals surface area contributed by atoms with Crippen molar-refractivity contribution >= 4 is 39.8 Å². The van der Waals surface area contributed by atoms with Gasteiger partial charge in [0.15, 0.2) is 0 Å². The van der Waals surface area contributed by atoms with Crippen molar-refractivity contribution in [1.82, 2.24) is 4.98 Å². The highest BCUT2D eigenvalue weighted by Crippen LogP contribution is 2.36. The molecule has 0 N–H and O–H groups in total. The largest absolute Gasteiger partial charge is 0.416 e. The van der Waals surface area contributed by atoms with Crippen LogP contribution in [-0.2, 0) is 6.18 Å². The number of nitrogens with zero attached hydrogens (tertiary/aromatic N) is 3. The predicted molar refractivity (Wildman–Crippen MR) is 86.8 cm³/mol. The van der Waals surface area contributed by atoms with Crippen molar-refractivity contribution in [2.75, 3.05) is 17.2 Å². The number of aryl methyl sites for hydroxylation is 1. The Kier molecular flexibility index (Phi) is 4.15. The Morgan fingerprint density at radius 1 is 1.36 bits per heavy atom. The first-order valence-electron chi connectivity index (χ1n) is 6.91. The third-order valence-electron chi connectivity index (χ3n) is 3.62. The molecule has 3 nitrogen and oxygen atoms in total.